The van der Waals surface area contributed by atoms with Gasteiger partial charge in [-0.2, -0.15) is 0 Å². The Kier molecular flexibility index (Phi) is 8.25. The molecule has 1 unspecified atom stereocenters. The number of likely N-dealkylation sites (tertiary alicyclic amines) is 1. The van der Waals surface area contributed by atoms with Crippen LogP contribution < -0.4 is 10.6 Å². The number of piperidine rings is 2. The zero-order chi connectivity index (χ0) is 21.3. The number of amides is 2. The Hall–Kier alpha value is -2.41. The maximum Gasteiger partial charge on any atom is 0.303 e. The number of aliphatic carboxylic acids is 1. The molecule has 1 aromatic rings. The summed E-state index contributed by atoms with van der Waals surface area (Å²) in [6, 6.07) is 8.01. The van der Waals surface area contributed by atoms with E-state index in [-0.39, 0.29) is 24.3 Å². The van der Waals surface area contributed by atoms with Gasteiger partial charge in [-0.25, -0.2) is 0 Å². The molecular formula is C23H33N3O4. The number of benzene rings is 1. The van der Waals surface area contributed by atoms with Crippen LogP contribution >= 0.6 is 0 Å². The second-order valence-electron chi connectivity index (χ2n) is 8.44. The van der Waals surface area contributed by atoms with E-state index in [1.54, 1.807) is 0 Å². The van der Waals surface area contributed by atoms with Gasteiger partial charge in [0.15, 0.2) is 0 Å². The average Bonchev–Trinajstić information content (AvgIpc) is 2.73. The van der Waals surface area contributed by atoms with E-state index in [1.165, 1.54) is 5.56 Å². The van der Waals surface area contributed by atoms with Gasteiger partial charge < -0.3 is 15.3 Å². The molecule has 1 aromatic carbocycles. The Morgan fingerprint density at radius 3 is 2.40 bits per heavy atom. The highest BCUT2D eigenvalue weighted by Gasteiger charge is 2.26. The number of nitrogens with one attached hydrogen (secondary N) is 2. The van der Waals surface area contributed by atoms with Crippen molar-refractivity contribution >= 4 is 23.5 Å². The molecule has 2 aliphatic rings. The Morgan fingerprint density at radius 2 is 1.73 bits per heavy atom. The van der Waals surface area contributed by atoms with Gasteiger partial charge in [0.05, 0.1) is 0 Å². The molecule has 3 N–H and O–H groups in total. The number of nitrogens with zero attached hydrogens (tertiary/aromatic N) is 1. The van der Waals surface area contributed by atoms with Gasteiger partial charge in [-0.05, 0) is 75.4 Å². The minimum atomic E-state index is -0.697. The number of carboxylic acids is 1. The van der Waals surface area contributed by atoms with Crippen LogP contribution in [0.2, 0.25) is 0 Å². The Balaban J connectivity index is 1.36. The van der Waals surface area contributed by atoms with Gasteiger partial charge in [0.25, 0.3) is 0 Å². The van der Waals surface area contributed by atoms with E-state index < -0.39 is 5.97 Å². The lowest BCUT2D eigenvalue weighted by Crippen LogP contribution is -2.47. The molecular weight excluding hydrogens is 382 g/mol. The molecule has 0 bridgehead atoms. The quantitative estimate of drug-likeness (QED) is 0.401. The maximum atomic E-state index is 11.9. The van der Waals surface area contributed by atoms with Gasteiger partial charge in [0, 0.05) is 18.5 Å². The Labute approximate surface area is 178 Å². The van der Waals surface area contributed by atoms with Crippen molar-refractivity contribution in [2.75, 3.05) is 25.0 Å². The highest BCUT2D eigenvalue weighted by molar-refractivity contribution is 6.01. The molecule has 2 saturated heterocycles. The summed E-state index contributed by atoms with van der Waals surface area (Å²) in [5.74, 6) is -0.569. The minimum Gasteiger partial charge on any atom is -0.481 e. The zero-order valence-electron chi connectivity index (χ0n) is 17.6. The van der Waals surface area contributed by atoms with Crippen LogP contribution in [0.1, 0.15) is 69.3 Å². The summed E-state index contributed by atoms with van der Waals surface area (Å²) in [5, 5.41) is 14.3. The average molecular weight is 416 g/mol. The minimum absolute atomic E-state index is 0.196. The number of anilines is 1. The fourth-order valence-electron chi connectivity index (χ4n) is 4.34. The summed E-state index contributed by atoms with van der Waals surface area (Å²) < 4.78 is 0. The van der Waals surface area contributed by atoms with E-state index in [2.05, 4.69) is 27.7 Å². The van der Waals surface area contributed by atoms with E-state index in [9.17, 15) is 14.4 Å². The normalized spacial score (nSPS) is 20.7. The molecule has 0 radical (unpaired) electrons. The summed E-state index contributed by atoms with van der Waals surface area (Å²) >= 11 is 0. The second-order valence-corrected chi connectivity index (χ2v) is 8.44. The Morgan fingerprint density at radius 1 is 1.03 bits per heavy atom. The fourth-order valence-corrected chi connectivity index (χ4v) is 4.34. The first kappa shape index (κ1) is 22.3. The van der Waals surface area contributed by atoms with Crippen LogP contribution in [0.5, 0.6) is 0 Å². The molecule has 7 heteroatoms. The van der Waals surface area contributed by atoms with Gasteiger partial charge in [-0.3, -0.25) is 19.7 Å². The molecule has 0 spiro atoms. The van der Waals surface area contributed by atoms with Crippen molar-refractivity contribution in [3.63, 3.8) is 0 Å². The van der Waals surface area contributed by atoms with Crippen LogP contribution in [0, 0.1) is 0 Å². The lowest BCUT2D eigenvalue weighted by Gasteiger charge is -2.32. The molecule has 3 rings (SSSR count). The predicted molar refractivity (Wildman–Crippen MR) is 115 cm³/mol. The summed E-state index contributed by atoms with van der Waals surface area (Å²) in [4.78, 5) is 36.2. The highest BCUT2D eigenvalue weighted by atomic mass is 16.4. The van der Waals surface area contributed by atoms with E-state index in [0.717, 1.165) is 63.8 Å². The van der Waals surface area contributed by atoms with Gasteiger partial charge in [-0.15, -0.1) is 0 Å². The first-order chi connectivity index (χ1) is 14.5. The van der Waals surface area contributed by atoms with E-state index in [0.29, 0.717) is 18.8 Å². The predicted octanol–water partition coefficient (Wildman–Crippen LogP) is 3.12. The molecule has 0 aromatic heterocycles. The topological polar surface area (TPSA) is 98.7 Å². The maximum absolute atomic E-state index is 11.9. The van der Waals surface area contributed by atoms with E-state index in [1.807, 2.05) is 12.1 Å². The second kappa shape index (κ2) is 11.1. The van der Waals surface area contributed by atoms with Crippen molar-refractivity contribution in [2.24, 2.45) is 0 Å². The molecule has 2 amide bonds. The van der Waals surface area contributed by atoms with Crippen LogP contribution in [0.15, 0.2) is 24.3 Å². The number of carbonyl (C=O) groups is 3. The molecule has 0 aliphatic carbocycles. The monoisotopic (exact) mass is 415 g/mol. The van der Waals surface area contributed by atoms with Crippen LogP contribution in [-0.2, 0) is 14.4 Å². The first-order valence-corrected chi connectivity index (χ1v) is 11.2. The summed E-state index contributed by atoms with van der Waals surface area (Å²) in [6.45, 7) is 3.32. The number of carbonyl (C=O) groups excluding carboxylic acids is 2. The molecule has 2 fully saturated rings. The molecule has 0 saturated carbocycles. The number of imide groups is 1. The van der Waals surface area contributed by atoms with Crippen molar-refractivity contribution in [1.29, 1.82) is 0 Å². The third-order valence-electron chi connectivity index (χ3n) is 6.16. The SMILES string of the molecule is O=C(O)CCCCCCN1CCC(c2ccc(NC3CCC(=O)NC3=O)cc2)CC1. The molecule has 2 heterocycles. The number of unbranched alkanes of at least 4 members (excludes halogenated alkanes) is 3. The van der Waals surface area contributed by atoms with E-state index >= 15 is 0 Å². The van der Waals surface area contributed by atoms with Gasteiger partial charge in [0.1, 0.15) is 6.04 Å². The third-order valence-corrected chi connectivity index (χ3v) is 6.16. The van der Waals surface area contributed by atoms with Crippen LogP contribution in [0.25, 0.3) is 0 Å². The summed E-state index contributed by atoms with van der Waals surface area (Å²) in [7, 11) is 0. The Bertz CT molecular complexity index is 726. The van der Waals surface area contributed by atoms with Gasteiger partial charge in [0.2, 0.25) is 11.8 Å². The summed E-state index contributed by atoms with van der Waals surface area (Å²) in [5.41, 5.74) is 2.26. The van der Waals surface area contributed by atoms with Gasteiger partial charge >= 0.3 is 5.97 Å². The van der Waals surface area contributed by atoms with Crippen LogP contribution in [0.4, 0.5) is 5.69 Å². The zero-order valence-corrected chi connectivity index (χ0v) is 17.6. The number of hydrogen-bond donors (Lipinski definition) is 3. The third kappa shape index (κ3) is 6.83. The number of hydrogen-bond acceptors (Lipinski definition) is 5. The smallest absolute Gasteiger partial charge is 0.303 e. The lowest BCUT2D eigenvalue weighted by atomic mass is 9.89. The summed E-state index contributed by atoms with van der Waals surface area (Å²) in [6.07, 6.45) is 7.53. The van der Waals surface area contributed by atoms with Crippen molar-refractivity contribution < 1.29 is 19.5 Å². The van der Waals surface area contributed by atoms with Crippen molar-refractivity contribution in [3.05, 3.63) is 29.8 Å². The number of rotatable bonds is 10. The molecule has 164 valence electrons. The molecule has 1 atom stereocenters. The standard InChI is InChI=1S/C23H33N3O4/c27-21-11-10-20(23(30)25-21)24-19-8-6-17(7-9-19)18-12-15-26(16-13-18)14-4-2-1-3-5-22(28)29/h6-9,18,20,24H,1-5,10-16H2,(H,28,29)(H,25,27,30). The highest BCUT2D eigenvalue weighted by Crippen LogP contribution is 2.29. The van der Waals surface area contributed by atoms with Crippen molar-refractivity contribution in [2.45, 2.75) is 69.7 Å². The van der Waals surface area contributed by atoms with E-state index in [4.69, 9.17) is 5.11 Å². The van der Waals surface area contributed by atoms with Crippen LogP contribution in [-0.4, -0.2) is 53.5 Å². The van der Waals surface area contributed by atoms with Crippen molar-refractivity contribution in [3.8, 4) is 0 Å². The largest absolute Gasteiger partial charge is 0.481 e. The molecule has 2 aliphatic heterocycles. The van der Waals surface area contributed by atoms with Crippen molar-refractivity contribution in [1.82, 2.24) is 10.2 Å². The molecule has 30 heavy (non-hydrogen) atoms. The number of carboxylic acid groups (broad SMARTS) is 1. The first-order valence-electron chi connectivity index (χ1n) is 11.2. The molecule has 7 nitrogen and oxygen atoms in total. The lowest BCUT2D eigenvalue weighted by molar-refractivity contribution is -0.137. The fraction of sp³-hybridized carbons (Fsp3) is 0.609. The van der Waals surface area contributed by atoms with Gasteiger partial charge in [-0.1, -0.05) is 25.0 Å². The van der Waals surface area contributed by atoms with Crippen LogP contribution in [0.3, 0.4) is 0 Å².